The van der Waals surface area contributed by atoms with Gasteiger partial charge < -0.3 is 20.1 Å². The van der Waals surface area contributed by atoms with Crippen molar-refractivity contribution < 1.29 is 19.1 Å². The standard InChI is InChI=1S/C24H24N2O4/c1-2-29-19-12-14-20(15-13-19)30-22-11-7-6-10-21(22)26-23(27)16-17-25-24(28)18-8-4-3-5-9-18/h3-15H,2,16-17H2,1H3,(H,25,28)(H,26,27). The molecule has 0 radical (unpaired) electrons. The minimum Gasteiger partial charge on any atom is -0.494 e. The molecule has 0 saturated heterocycles. The number of amides is 2. The first-order valence-electron chi connectivity index (χ1n) is 9.78. The second kappa shape index (κ2) is 10.7. The number of anilines is 1. The number of ether oxygens (including phenoxy) is 2. The minimum atomic E-state index is -0.217. The largest absolute Gasteiger partial charge is 0.494 e. The molecule has 0 aliphatic rings. The molecule has 3 aromatic rings. The van der Waals surface area contributed by atoms with Crippen molar-refractivity contribution in [3.63, 3.8) is 0 Å². The Balaban J connectivity index is 1.53. The molecule has 0 unspecified atom stereocenters. The summed E-state index contributed by atoms with van der Waals surface area (Å²) in [6.07, 6.45) is 0.149. The Bertz CT molecular complexity index is 972. The molecule has 2 N–H and O–H groups in total. The maximum atomic E-state index is 12.3. The van der Waals surface area contributed by atoms with Crippen LogP contribution in [0.15, 0.2) is 78.9 Å². The molecule has 0 aliphatic heterocycles. The van der Waals surface area contributed by atoms with Crippen LogP contribution >= 0.6 is 0 Å². The summed E-state index contributed by atoms with van der Waals surface area (Å²) in [7, 11) is 0. The molecule has 3 aromatic carbocycles. The maximum absolute atomic E-state index is 12.3. The van der Waals surface area contributed by atoms with Crippen LogP contribution in [-0.2, 0) is 4.79 Å². The van der Waals surface area contributed by atoms with Crippen LogP contribution in [0.5, 0.6) is 17.2 Å². The van der Waals surface area contributed by atoms with Gasteiger partial charge in [-0.05, 0) is 55.5 Å². The molecular formula is C24H24N2O4. The van der Waals surface area contributed by atoms with Crippen LogP contribution < -0.4 is 20.1 Å². The smallest absolute Gasteiger partial charge is 0.251 e. The number of hydrogen-bond acceptors (Lipinski definition) is 4. The van der Waals surface area contributed by atoms with E-state index in [2.05, 4.69) is 10.6 Å². The van der Waals surface area contributed by atoms with E-state index < -0.39 is 0 Å². The SMILES string of the molecule is CCOc1ccc(Oc2ccccc2NC(=O)CCNC(=O)c2ccccc2)cc1. The molecular weight excluding hydrogens is 380 g/mol. The van der Waals surface area contributed by atoms with E-state index in [-0.39, 0.29) is 24.8 Å². The van der Waals surface area contributed by atoms with Gasteiger partial charge in [-0.3, -0.25) is 9.59 Å². The third-order valence-corrected chi connectivity index (χ3v) is 4.20. The van der Waals surface area contributed by atoms with Gasteiger partial charge in [-0.2, -0.15) is 0 Å². The highest BCUT2D eigenvalue weighted by molar-refractivity contribution is 5.95. The van der Waals surface area contributed by atoms with Gasteiger partial charge in [0.15, 0.2) is 5.75 Å². The van der Waals surface area contributed by atoms with Crippen LogP contribution in [0.1, 0.15) is 23.7 Å². The minimum absolute atomic E-state index is 0.149. The van der Waals surface area contributed by atoms with E-state index in [1.807, 2.05) is 49.4 Å². The highest BCUT2D eigenvalue weighted by Crippen LogP contribution is 2.30. The first-order chi connectivity index (χ1) is 14.7. The van der Waals surface area contributed by atoms with Crippen LogP contribution in [0.4, 0.5) is 5.69 Å². The van der Waals surface area contributed by atoms with Crippen molar-refractivity contribution in [3.8, 4) is 17.2 Å². The van der Waals surface area contributed by atoms with Gasteiger partial charge in [0.05, 0.1) is 12.3 Å². The van der Waals surface area contributed by atoms with Gasteiger partial charge in [0, 0.05) is 18.5 Å². The van der Waals surface area contributed by atoms with Crippen molar-refractivity contribution >= 4 is 17.5 Å². The molecule has 6 heteroatoms. The number of hydrogen-bond donors (Lipinski definition) is 2. The van der Waals surface area contributed by atoms with Crippen LogP contribution in [-0.4, -0.2) is 25.0 Å². The van der Waals surface area contributed by atoms with E-state index in [0.29, 0.717) is 29.4 Å². The summed E-state index contributed by atoms with van der Waals surface area (Å²) in [4.78, 5) is 24.4. The lowest BCUT2D eigenvalue weighted by Gasteiger charge is -2.13. The van der Waals surface area contributed by atoms with E-state index in [4.69, 9.17) is 9.47 Å². The fourth-order valence-electron chi connectivity index (χ4n) is 2.75. The predicted octanol–water partition coefficient (Wildman–Crippen LogP) is 4.64. The molecule has 0 bridgehead atoms. The Morgan fingerprint density at radius 1 is 0.833 bits per heavy atom. The highest BCUT2D eigenvalue weighted by atomic mass is 16.5. The van der Waals surface area contributed by atoms with Crippen molar-refractivity contribution in [2.45, 2.75) is 13.3 Å². The lowest BCUT2D eigenvalue weighted by Crippen LogP contribution is -2.27. The maximum Gasteiger partial charge on any atom is 0.251 e. The summed E-state index contributed by atoms with van der Waals surface area (Å²) in [5.41, 5.74) is 1.12. The van der Waals surface area contributed by atoms with E-state index >= 15 is 0 Å². The van der Waals surface area contributed by atoms with Crippen molar-refractivity contribution in [1.29, 1.82) is 0 Å². The third-order valence-electron chi connectivity index (χ3n) is 4.20. The number of benzene rings is 3. The van der Waals surface area contributed by atoms with Crippen LogP contribution in [0, 0.1) is 0 Å². The molecule has 0 aromatic heterocycles. The Morgan fingerprint density at radius 3 is 2.23 bits per heavy atom. The molecule has 0 heterocycles. The van der Waals surface area contributed by atoms with Crippen molar-refractivity contribution in [2.75, 3.05) is 18.5 Å². The number of carbonyl (C=O) groups is 2. The van der Waals surface area contributed by atoms with Crippen LogP contribution in [0.25, 0.3) is 0 Å². The first kappa shape index (κ1) is 20.9. The second-order valence-electron chi connectivity index (χ2n) is 6.42. The predicted molar refractivity (Wildman–Crippen MR) is 116 cm³/mol. The van der Waals surface area contributed by atoms with Gasteiger partial charge in [-0.15, -0.1) is 0 Å². The quantitative estimate of drug-likeness (QED) is 0.545. The monoisotopic (exact) mass is 404 g/mol. The van der Waals surface area contributed by atoms with Crippen LogP contribution in [0.3, 0.4) is 0 Å². The van der Waals surface area contributed by atoms with Crippen molar-refractivity contribution in [2.24, 2.45) is 0 Å². The number of para-hydroxylation sites is 2. The molecule has 154 valence electrons. The molecule has 0 fully saturated rings. The lowest BCUT2D eigenvalue weighted by atomic mass is 10.2. The van der Waals surface area contributed by atoms with Gasteiger partial charge in [-0.25, -0.2) is 0 Å². The van der Waals surface area contributed by atoms with Crippen molar-refractivity contribution in [1.82, 2.24) is 5.32 Å². The second-order valence-corrected chi connectivity index (χ2v) is 6.42. The number of rotatable bonds is 9. The molecule has 6 nitrogen and oxygen atoms in total. The van der Waals surface area contributed by atoms with Gasteiger partial charge in [0.2, 0.25) is 5.91 Å². The zero-order valence-corrected chi connectivity index (χ0v) is 16.8. The van der Waals surface area contributed by atoms with E-state index in [9.17, 15) is 9.59 Å². The number of carbonyl (C=O) groups excluding carboxylic acids is 2. The Labute approximate surface area is 175 Å². The van der Waals surface area contributed by atoms with Gasteiger partial charge in [-0.1, -0.05) is 30.3 Å². The van der Waals surface area contributed by atoms with E-state index in [1.54, 1.807) is 36.4 Å². The highest BCUT2D eigenvalue weighted by Gasteiger charge is 2.10. The fraction of sp³-hybridized carbons (Fsp3) is 0.167. The van der Waals surface area contributed by atoms with Crippen molar-refractivity contribution in [3.05, 3.63) is 84.4 Å². The molecule has 2 amide bonds. The summed E-state index contributed by atoms with van der Waals surface area (Å²) in [5.74, 6) is 1.51. The normalized spacial score (nSPS) is 10.2. The fourth-order valence-corrected chi connectivity index (χ4v) is 2.75. The van der Waals surface area contributed by atoms with E-state index in [0.717, 1.165) is 5.75 Å². The Hall–Kier alpha value is -3.80. The average molecular weight is 404 g/mol. The molecule has 3 rings (SSSR count). The van der Waals surface area contributed by atoms with E-state index in [1.165, 1.54) is 0 Å². The molecule has 0 saturated carbocycles. The van der Waals surface area contributed by atoms with Gasteiger partial charge in [0.25, 0.3) is 5.91 Å². The molecule has 0 aliphatic carbocycles. The lowest BCUT2D eigenvalue weighted by molar-refractivity contribution is -0.116. The zero-order valence-electron chi connectivity index (χ0n) is 16.8. The summed E-state index contributed by atoms with van der Waals surface area (Å²) in [5, 5.41) is 5.58. The Morgan fingerprint density at radius 2 is 1.50 bits per heavy atom. The molecule has 0 atom stereocenters. The topological polar surface area (TPSA) is 76.7 Å². The summed E-state index contributed by atoms with van der Waals surface area (Å²) >= 11 is 0. The Kier molecular flexibility index (Phi) is 7.44. The first-order valence-corrected chi connectivity index (χ1v) is 9.78. The summed E-state index contributed by atoms with van der Waals surface area (Å²) < 4.78 is 11.3. The average Bonchev–Trinajstić information content (AvgIpc) is 2.77. The third kappa shape index (κ3) is 6.10. The number of nitrogens with one attached hydrogen (secondary N) is 2. The summed E-state index contributed by atoms with van der Waals surface area (Å²) in [6, 6.07) is 23.4. The van der Waals surface area contributed by atoms with Gasteiger partial charge in [0.1, 0.15) is 11.5 Å². The zero-order chi connectivity index (χ0) is 21.2. The van der Waals surface area contributed by atoms with Crippen LogP contribution in [0.2, 0.25) is 0 Å². The van der Waals surface area contributed by atoms with Gasteiger partial charge >= 0.3 is 0 Å². The molecule has 0 spiro atoms. The molecule has 30 heavy (non-hydrogen) atoms. The summed E-state index contributed by atoms with van der Waals surface area (Å²) in [6.45, 7) is 2.76.